The first-order valence-electron chi connectivity index (χ1n) is 10.8. The number of ether oxygens (including phenoxy) is 3. The second-order valence-electron chi connectivity index (χ2n) is 8.12. The third-order valence-electron chi connectivity index (χ3n) is 6.49. The molecule has 1 saturated heterocycles. The van der Waals surface area contributed by atoms with Gasteiger partial charge in [0.25, 0.3) is 0 Å². The van der Waals surface area contributed by atoms with Gasteiger partial charge in [-0.25, -0.2) is 0 Å². The molecule has 0 amide bonds. The zero-order chi connectivity index (χ0) is 21.7. The standard InChI is InChI=1S/C27H31NO3.ClH/c1-29-24-18-21(19-25(30-2)26(24)31-3)20-28-16-14-27(15-17-28,22-10-6-4-7-11-22)23-12-8-5-9-13-23;/h4-13,18-19H,14-17,20H2,1-3H3;1H. The molecule has 1 aliphatic rings. The van der Waals surface area contributed by atoms with E-state index in [1.54, 1.807) is 21.3 Å². The minimum Gasteiger partial charge on any atom is -0.493 e. The molecule has 4 rings (SSSR count). The molecular weight excluding hydrogens is 422 g/mol. The SMILES string of the molecule is COc1cc(CN2CCC(c3ccccc3)(c3ccccc3)CC2)cc(OC)c1OC.Cl. The van der Waals surface area contributed by atoms with Gasteiger partial charge in [0.15, 0.2) is 11.5 Å². The molecule has 0 spiro atoms. The van der Waals surface area contributed by atoms with Crippen molar-refractivity contribution < 1.29 is 14.2 Å². The summed E-state index contributed by atoms with van der Waals surface area (Å²) in [6.07, 6.45) is 2.18. The molecule has 0 bridgehead atoms. The van der Waals surface area contributed by atoms with Crippen molar-refractivity contribution in [2.75, 3.05) is 34.4 Å². The number of likely N-dealkylation sites (tertiary alicyclic amines) is 1. The summed E-state index contributed by atoms with van der Waals surface area (Å²) in [6.45, 7) is 2.91. The number of piperidine rings is 1. The van der Waals surface area contributed by atoms with Gasteiger partial charge in [-0.2, -0.15) is 0 Å². The van der Waals surface area contributed by atoms with Crippen molar-refractivity contribution >= 4 is 12.4 Å². The van der Waals surface area contributed by atoms with E-state index in [9.17, 15) is 0 Å². The zero-order valence-electron chi connectivity index (χ0n) is 19.0. The van der Waals surface area contributed by atoms with Crippen molar-refractivity contribution in [1.29, 1.82) is 0 Å². The van der Waals surface area contributed by atoms with E-state index in [0.29, 0.717) is 17.2 Å². The Labute approximate surface area is 197 Å². The van der Waals surface area contributed by atoms with Crippen molar-refractivity contribution in [2.45, 2.75) is 24.8 Å². The van der Waals surface area contributed by atoms with E-state index < -0.39 is 0 Å². The second kappa shape index (κ2) is 10.8. The highest BCUT2D eigenvalue weighted by Gasteiger charge is 2.37. The molecule has 3 aromatic rings. The maximum Gasteiger partial charge on any atom is 0.203 e. The van der Waals surface area contributed by atoms with Crippen molar-refractivity contribution in [3.8, 4) is 17.2 Å². The average Bonchev–Trinajstić information content (AvgIpc) is 2.85. The molecule has 0 radical (unpaired) electrons. The second-order valence-corrected chi connectivity index (χ2v) is 8.12. The number of methoxy groups -OCH3 is 3. The molecule has 0 unspecified atom stereocenters. The van der Waals surface area contributed by atoms with E-state index in [4.69, 9.17) is 14.2 Å². The van der Waals surface area contributed by atoms with Crippen LogP contribution in [0.4, 0.5) is 0 Å². The fourth-order valence-electron chi connectivity index (χ4n) is 4.84. The van der Waals surface area contributed by atoms with Crippen LogP contribution in [0.5, 0.6) is 17.2 Å². The number of benzene rings is 3. The van der Waals surface area contributed by atoms with Gasteiger partial charge in [-0.1, -0.05) is 60.7 Å². The molecule has 0 atom stereocenters. The molecule has 0 aromatic heterocycles. The maximum absolute atomic E-state index is 5.53. The van der Waals surface area contributed by atoms with Gasteiger partial charge in [-0.3, -0.25) is 4.90 Å². The molecule has 0 N–H and O–H groups in total. The number of hydrogen-bond donors (Lipinski definition) is 0. The van der Waals surface area contributed by atoms with Gasteiger partial charge in [-0.05, 0) is 54.8 Å². The van der Waals surface area contributed by atoms with Crippen molar-refractivity contribution in [2.24, 2.45) is 0 Å². The predicted octanol–water partition coefficient (Wildman–Crippen LogP) is 5.72. The Hall–Kier alpha value is -2.69. The molecule has 5 heteroatoms. The topological polar surface area (TPSA) is 30.9 Å². The number of hydrogen-bond acceptors (Lipinski definition) is 4. The summed E-state index contributed by atoms with van der Waals surface area (Å²) in [5.74, 6) is 2.05. The lowest BCUT2D eigenvalue weighted by Crippen LogP contribution is -2.43. The van der Waals surface area contributed by atoms with Crippen LogP contribution in [-0.4, -0.2) is 39.3 Å². The first kappa shape index (κ1) is 24.0. The molecule has 0 saturated carbocycles. The van der Waals surface area contributed by atoms with Crippen molar-refractivity contribution in [1.82, 2.24) is 4.90 Å². The smallest absolute Gasteiger partial charge is 0.203 e. The van der Waals surface area contributed by atoms with E-state index in [1.165, 1.54) is 16.7 Å². The molecule has 32 heavy (non-hydrogen) atoms. The summed E-state index contributed by atoms with van der Waals surface area (Å²) in [5, 5.41) is 0. The Morgan fingerprint density at radius 3 is 1.59 bits per heavy atom. The first-order chi connectivity index (χ1) is 15.2. The molecule has 3 aromatic carbocycles. The Morgan fingerprint density at radius 2 is 1.19 bits per heavy atom. The molecule has 1 fully saturated rings. The van der Waals surface area contributed by atoms with Gasteiger partial charge < -0.3 is 14.2 Å². The monoisotopic (exact) mass is 453 g/mol. The first-order valence-corrected chi connectivity index (χ1v) is 10.8. The lowest BCUT2D eigenvalue weighted by Gasteiger charge is -2.43. The van der Waals surface area contributed by atoms with E-state index in [1.807, 2.05) is 0 Å². The zero-order valence-corrected chi connectivity index (χ0v) is 19.9. The summed E-state index contributed by atoms with van der Waals surface area (Å²) in [7, 11) is 4.96. The molecular formula is C27H32ClNO3. The average molecular weight is 454 g/mol. The number of halogens is 1. The normalized spacial score (nSPS) is 15.5. The lowest BCUT2D eigenvalue weighted by atomic mass is 9.68. The minimum absolute atomic E-state index is 0. The third-order valence-corrected chi connectivity index (χ3v) is 6.49. The fourth-order valence-corrected chi connectivity index (χ4v) is 4.84. The van der Waals surface area contributed by atoms with Gasteiger partial charge in [-0.15, -0.1) is 12.4 Å². The Bertz CT molecular complexity index is 920. The minimum atomic E-state index is 0. The van der Waals surface area contributed by atoms with Crippen LogP contribution in [0.25, 0.3) is 0 Å². The summed E-state index contributed by atoms with van der Waals surface area (Å²) in [5.41, 5.74) is 4.05. The Balaban J connectivity index is 0.00000289. The Morgan fingerprint density at radius 1 is 0.719 bits per heavy atom. The van der Waals surface area contributed by atoms with Crippen LogP contribution in [0.2, 0.25) is 0 Å². The van der Waals surface area contributed by atoms with Gasteiger partial charge >= 0.3 is 0 Å². The van der Waals surface area contributed by atoms with Gasteiger partial charge in [0.05, 0.1) is 21.3 Å². The highest BCUT2D eigenvalue weighted by molar-refractivity contribution is 5.85. The van der Waals surface area contributed by atoms with E-state index in [-0.39, 0.29) is 17.8 Å². The van der Waals surface area contributed by atoms with Crippen LogP contribution in [0.15, 0.2) is 72.8 Å². The van der Waals surface area contributed by atoms with Crippen LogP contribution >= 0.6 is 12.4 Å². The summed E-state index contributed by atoms with van der Waals surface area (Å²) < 4.78 is 16.5. The van der Waals surface area contributed by atoms with Gasteiger partial charge in [0.1, 0.15) is 0 Å². The van der Waals surface area contributed by atoms with E-state index in [2.05, 4.69) is 77.7 Å². The summed E-state index contributed by atoms with van der Waals surface area (Å²) in [6, 6.07) is 26.0. The van der Waals surface area contributed by atoms with Crippen LogP contribution in [0.1, 0.15) is 29.5 Å². The molecule has 170 valence electrons. The van der Waals surface area contributed by atoms with Crippen LogP contribution in [0.3, 0.4) is 0 Å². The largest absolute Gasteiger partial charge is 0.493 e. The predicted molar refractivity (Wildman–Crippen MR) is 132 cm³/mol. The van der Waals surface area contributed by atoms with E-state index in [0.717, 1.165) is 32.5 Å². The maximum atomic E-state index is 5.53. The highest BCUT2D eigenvalue weighted by Crippen LogP contribution is 2.43. The van der Waals surface area contributed by atoms with Gasteiger partial charge in [0, 0.05) is 12.0 Å². The molecule has 1 heterocycles. The van der Waals surface area contributed by atoms with E-state index >= 15 is 0 Å². The van der Waals surface area contributed by atoms with Gasteiger partial charge in [0.2, 0.25) is 5.75 Å². The Kier molecular flexibility index (Phi) is 8.05. The van der Waals surface area contributed by atoms with Crippen molar-refractivity contribution in [3.63, 3.8) is 0 Å². The molecule has 0 aliphatic carbocycles. The number of nitrogens with zero attached hydrogens (tertiary/aromatic N) is 1. The fraction of sp³-hybridized carbons (Fsp3) is 0.333. The molecule has 1 aliphatic heterocycles. The van der Waals surface area contributed by atoms with Crippen LogP contribution in [-0.2, 0) is 12.0 Å². The van der Waals surface area contributed by atoms with Crippen LogP contribution in [0, 0.1) is 0 Å². The summed E-state index contributed by atoms with van der Waals surface area (Å²) in [4.78, 5) is 2.52. The highest BCUT2D eigenvalue weighted by atomic mass is 35.5. The number of rotatable bonds is 7. The summed E-state index contributed by atoms with van der Waals surface area (Å²) >= 11 is 0. The van der Waals surface area contributed by atoms with Crippen LogP contribution < -0.4 is 14.2 Å². The van der Waals surface area contributed by atoms with Crippen molar-refractivity contribution in [3.05, 3.63) is 89.5 Å². The third kappa shape index (κ3) is 4.72. The molecule has 4 nitrogen and oxygen atoms in total. The quantitative estimate of drug-likeness (QED) is 0.458. The lowest BCUT2D eigenvalue weighted by molar-refractivity contribution is 0.172.